The van der Waals surface area contributed by atoms with Gasteiger partial charge in [0.2, 0.25) is 0 Å². The molecule has 1 aromatic carbocycles. The molecule has 0 saturated heterocycles. The van der Waals surface area contributed by atoms with Crippen molar-refractivity contribution >= 4 is 5.91 Å². The summed E-state index contributed by atoms with van der Waals surface area (Å²) in [5, 5.41) is 4.11. The van der Waals surface area contributed by atoms with Crippen LogP contribution < -0.4 is 5.73 Å². The summed E-state index contributed by atoms with van der Waals surface area (Å²) in [5.74, 6) is 0.00715. The van der Waals surface area contributed by atoms with Crippen LogP contribution in [0.4, 0.5) is 0 Å². The van der Waals surface area contributed by atoms with E-state index in [1.807, 2.05) is 37.5 Å². The van der Waals surface area contributed by atoms with E-state index in [0.717, 1.165) is 17.5 Å². The number of carbonyl (C=O) groups excluding carboxylic acids is 1. The van der Waals surface area contributed by atoms with Crippen LogP contribution in [0, 0.1) is 0 Å². The van der Waals surface area contributed by atoms with Crippen molar-refractivity contribution in [1.82, 2.24) is 14.7 Å². The third-order valence-electron chi connectivity index (χ3n) is 3.13. The lowest BCUT2D eigenvalue weighted by atomic mass is 10.1. The number of aryl methyl sites for hydroxylation is 1. The summed E-state index contributed by atoms with van der Waals surface area (Å²) < 4.78 is 1.73. The van der Waals surface area contributed by atoms with Gasteiger partial charge in [-0.25, -0.2) is 0 Å². The van der Waals surface area contributed by atoms with E-state index in [2.05, 4.69) is 5.10 Å². The number of amides is 1. The van der Waals surface area contributed by atoms with E-state index in [1.165, 1.54) is 0 Å². The van der Waals surface area contributed by atoms with E-state index in [0.29, 0.717) is 18.7 Å². The lowest BCUT2D eigenvalue weighted by molar-refractivity contribution is 0.0785. The van der Waals surface area contributed by atoms with Crippen molar-refractivity contribution in [2.45, 2.75) is 13.0 Å². The largest absolute Gasteiger partial charge is 0.337 e. The van der Waals surface area contributed by atoms with Crippen molar-refractivity contribution in [3.63, 3.8) is 0 Å². The molecule has 2 rings (SSSR count). The molecule has 0 fully saturated rings. The summed E-state index contributed by atoms with van der Waals surface area (Å²) in [6.45, 7) is 1.14. The second-order valence-electron chi connectivity index (χ2n) is 4.92. The van der Waals surface area contributed by atoms with Crippen molar-refractivity contribution in [2.24, 2.45) is 12.8 Å². The first-order valence-corrected chi connectivity index (χ1v) is 6.62. The van der Waals surface area contributed by atoms with Crippen LogP contribution in [0.5, 0.6) is 0 Å². The van der Waals surface area contributed by atoms with Gasteiger partial charge in [-0.3, -0.25) is 9.48 Å². The Morgan fingerprint density at radius 3 is 2.85 bits per heavy atom. The normalized spacial score (nSPS) is 10.6. The summed E-state index contributed by atoms with van der Waals surface area (Å²) in [6, 6.07) is 7.64. The number of carbonyl (C=O) groups is 1. The quantitative estimate of drug-likeness (QED) is 0.889. The van der Waals surface area contributed by atoms with Crippen molar-refractivity contribution in [3.8, 4) is 0 Å². The first-order chi connectivity index (χ1) is 9.60. The lowest BCUT2D eigenvalue weighted by Crippen LogP contribution is -2.26. The van der Waals surface area contributed by atoms with Gasteiger partial charge in [-0.15, -0.1) is 0 Å². The standard InChI is InChI=1S/C15H20N4O/c1-18(10-13-9-17-19(2)11-13)15(20)14-5-3-4-12(8-14)6-7-16/h3-5,8-9,11H,6-7,10,16H2,1-2H3. The zero-order chi connectivity index (χ0) is 14.5. The van der Waals surface area contributed by atoms with Crippen LogP contribution in [0.15, 0.2) is 36.7 Å². The van der Waals surface area contributed by atoms with Crippen LogP contribution in [0.1, 0.15) is 21.5 Å². The number of benzene rings is 1. The van der Waals surface area contributed by atoms with E-state index in [4.69, 9.17) is 5.73 Å². The first kappa shape index (κ1) is 14.3. The van der Waals surface area contributed by atoms with Crippen LogP contribution >= 0.6 is 0 Å². The molecular formula is C15H20N4O. The Hall–Kier alpha value is -2.14. The minimum Gasteiger partial charge on any atom is -0.337 e. The second-order valence-corrected chi connectivity index (χ2v) is 4.92. The fourth-order valence-corrected chi connectivity index (χ4v) is 2.15. The summed E-state index contributed by atoms with van der Waals surface area (Å²) in [4.78, 5) is 14.1. The zero-order valence-corrected chi connectivity index (χ0v) is 11.9. The molecule has 1 amide bonds. The van der Waals surface area contributed by atoms with Gasteiger partial charge in [-0.05, 0) is 30.7 Å². The number of hydrogen-bond acceptors (Lipinski definition) is 3. The van der Waals surface area contributed by atoms with Crippen LogP contribution in [-0.4, -0.2) is 34.2 Å². The van der Waals surface area contributed by atoms with Gasteiger partial charge in [0.1, 0.15) is 0 Å². The molecule has 0 saturated carbocycles. The molecule has 5 heteroatoms. The first-order valence-electron chi connectivity index (χ1n) is 6.62. The number of hydrogen-bond donors (Lipinski definition) is 1. The number of nitrogens with two attached hydrogens (primary N) is 1. The predicted octanol–water partition coefficient (Wildman–Crippen LogP) is 1.19. The van der Waals surface area contributed by atoms with Crippen molar-refractivity contribution < 1.29 is 4.79 Å². The maximum atomic E-state index is 12.4. The molecule has 0 radical (unpaired) electrons. The highest BCUT2D eigenvalue weighted by Crippen LogP contribution is 2.10. The minimum atomic E-state index is 0.00715. The highest BCUT2D eigenvalue weighted by Gasteiger charge is 2.13. The van der Waals surface area contributed by atoms with Gasteiger partial charge >= 0.3 is 0 Å². The smallest absolute Gasteiger partial charge is 0.253 e. The van der Waals surface area contributed by atoms with Crippen molar-refractivity contribution in [1.29, 1.82) is 0 Å². The molecule has 2 aromatic rings. The molecule has 2 N–H and O–H groups in total. The van der Waals surface area contributed by atoms with Gasteiger partial charge in [-0.2, -0.15) is 5.10 Å². The Balaban J connectivity index is 2.07. The van der Waals surface area contributed by atoms with Gasteiger partial charge in [0.05, 0.1) is 6.20 Å². The Morgan fingerprint density at radius 2 is 2.20 bits per heavy atom. The molecule has 0 unspecified atom stereocenters. The van der Waals surface area contributed by atoms with Crippen LogP contribution in [-0.2, 0) is 20.0 Å². The van der Waals surface area contributed by atoms with Crippen molar-refractivity contribution in [2.75, 3.05) is 13.6 Å². The van der Waals surface area contributed by atoms with E-state index in [1.54, 1.807) is 22.8 Å². The maximum Gasteiger partial charge on any atom is 0.253 e. The summed E-state index contributed by atoms with van der Waals surface area (Å²) in [5.41, 5.74) is 8.35. The fraction of sp³-hybridized carbons (Fsp3) is 0.333. The van der Waals surface area contributed by atoms with Gasteiger partial charge in [-0.1, -0.05) is 12.1 Å². The minimum absolute atomic E-state index is 0.00715. The number of rotatable bonds is 5. The maximum absolute atomic E-state index is 12.4. The molecule has 0 bridgehead atoms. The number of nitrogens with zero attached hydrogens (tertiary/aromatic N) is 3. The number of aromatic nitrogens is 2. The Labute approximate surface area is 119 Å². The molecule has 106 valence electrons. The van der Waals surface area contributed by atoms with E-state index >= 15 is 0 Å². The SMILES string of the molecule is CN(Cc1cnn(C)c1)C(=O)c1cccc(CCN)c1. The van der Waals surface area contributed by atoms with Gasteiger partial charge in [0, 0.05) is 38.0 Å². The molecule has 1 heterocycles. The molecule has 1 aromatic heterocycles. The van der Waals surface area contributed by atoms with E-state index < -0.39 is 0 Å². The van der Waals surface area contributed by atoms with E-state index in [-0.39, 0.29) is 5.91 Å². The average molecular weight is 272 g/mol. The molecule has 20 heavy (non-hydrogen) atoms. The Kier molecular flexibility index (Phi) is 4.53. The third kappa shape index (κ3) is 3.45. The van der Waals surface area contributed by atoms with Gasteiger partial charge in [0.15, 0.2) is 0 Å². The molecule has 0 aliphatic carbocycles. The summed E-state index contributed by atoms with van der Waals surface area (Å²) >= 11 is 0. The zero-order valence-electron chi connectivity index (χ0n) is 11.9. The monoisotopic (exact) mass is 272 g/mol. The van der Waals surface area contributed by atoms with Crippen LogP contribution in [0.25, 0.3) is 0 Å². The van der Waals surface area contributed by atoms with Gasteiger partial charge in [0.25, 0.3) is 5.91 Å². The summed E-state index contributed by atoms with van der Waals surface area (Å²) in [6.07, 6.45) is 4.47. The highest BCUT2D eigenvalue weighted by molar-refractivity contribution is 5.94. The van der Waals surface area contributed by atoms with Crippen LogP contribution in [0.3, 0.4) is 0 Å². The molecule has 0 aliphatic rings. The lowest BCUT2D eigenvalue weighted by Gasteiger charge is -2.16. The molecule has 0 spiro atoms. The Bertz CT molecular complexity index is 591. The summed E-state index contributed by atoms with van der Waals surface area (Å²) in [7, 11) is 3.66. The second kappa shape index (κ2) is 6.34. The third-order valence-corrected chi connectivity index (χ3v) is 3.13. The Morgan fingerprint density at radius 1 is 1.40 bits per heavy atom. The van der Waals surface area contributed by atoms with Crippen molar-refractivity contribution in [3.05, 3.63) is 53.3 Å². The fourth-order valence-electron chi connectivity index (χ4n) is 2.15. The predicted molar refractivity (Wildman–Crippen MR) is 78.2 cm³/mol. The molecule has 0 aliphatic heterocycles. The molecular weight excluding hydrogens is 252 g/mol. The van der Waals surface area contributed by atoms with Gasteiger partial charge < -0.3 is 10.6 Å². The van der Waals surface area contributed by atoms with E-state index in [9.17, 15) is 4.79 Å². The average Bonchev–Trinajstić information content (AvgIpc) is 2.84. The molecule has 5 nitrogen and oxygen atoms in total. The highest BCUT2D eigenvalue weighted by atomic mass is 16.2. The van der Waals surface area contributed by atoms with Crippen LogP contribution in [0.2, 0.25) is 0 Å². The topological polar surface area (TPSA) is 64.2 Å². The molecule has 0 atom stereocenters.